The maximum atomic E-state index is 11.4. The molecule has 0 aliphatic heterocycles. The van der Waals surface area contributed by atoms with E-state index in [-0.39, 0.29) is 18.3 Å². The number of aliphatic carboxylic acids is 1. The highest BCUT2D eigenvalue weighted by Crippen LogP contribution is 2.35. The summed E-state index contributed by atoms with van der Waals surface area (Å²) in [6.07, 6.45) is 3.98. The van der Waals surface area contributed by atoms with Crippen molar-refractivity contribution in [3.05, 3.63) is 0 Å². The van der Waals surface area contributed by atoms with Crippen molar-refractivity contribution in [2.75, 3.05) is 0 Å². The summed E-state index contributed by atoms with van der Waals surface area (Å²) in [4.78, 5) is 11.4. The van der Waals surface area contributed by atoms with E-state index < -0.39 is 18.6 Å². The Morgan fingerprint density at radius 1 is 1.33 bits per heavy atom. The molecule has 0 radical (unpaired) electrons. The van der Waals surface area contributed by atoms with E-state index in [0.29, 0.717) is 25.7 Å². The molecule has 1 aliphatic carbocycles. The van der Waals surface area contributed by atoms with E-state index in [1.807, 2.05) is 0 Å². The predicted octanol–water partition coefficient (Wildman–Crippen LogP) is -0.461. The molecule has 0 aromatic heterocycles. The highest BCUT2D eigenvalue weighted by Gasteiger charge is 2.44. The number of hydrogen-bond donors (Lipinski definition) is 5. The number of unbranched alkanes of at least 4 members (excludes halogenated alkanes) is 1. The molecule has 0 amide bonds. The molecule has 0 spiro atoms. The highest BCUT2D eigenvalue weighted by molar-refractivity contribution is 6.40. The van der Waals surface area contributed by atoms with Crippen molar-refractivity contribution >= 4 is 13.1 Å². The van der Waals surface area contributed by atoms with Gasteiger partial charge in [0.05, 0.1) is 0 Å². The van der Waals surface area contributed by atoms with Crippen molar-refractivity contribution in [2.45, 2.75) is 56.4 Å². The Labute approximate surface area is 107 Å². The van der Waals surface area contributed by atoms with Crippen LogP contribution in [0.5, 0.6) is 0 Å². The van der Waals surface area contributed by atoms with Gasteiger partial charge in [-0.3, -0.25) is 4.79 Å². The molecule has 0 unspecified atom stereocenters. The lowest BCUT2D eigenvalue weighted by molar-refractivity contribution is -0.146. The van der Waals surface area contributed by atoms with E-state index in [2.05, 4.69) is 0 Å². The summed E-state index contributed by atoms with van der Waals surface area (Å²) in [7, 11) is -1.33. The minimum atomic E-state index is -1.33. The second kappa shape index (κ2) is 6.52. The highest BCUT2D eigenvalue weighted by atomic mass is 16.4. The van der Waals surface area contributed by atoms with Crippen LogP contribution >= 0.6 is 0 Å². The fourth-order valence-corrected chi connectivity index (χ4v) is 2.71. The number of nitrogens with two attached hydrogens (primary N) is 2. The Morgan fingerprint density at radius 3 is 2.44 bits per heavy atom. The Bertz CT molecular complexity index is 290. The normalized spacial score (nSPS) is 26.9. The number of rotatable bonds is 7. The zero-order valence-corrected chi connectivity index (χ0v) is 10.6. The lowest BCUT2D eigenvalue weighted by Gasteiger charge is -2.31. The van der Waals surface area contributed by atoms with Gasteiger partial charge in [-0.1, -0.05) is 12.8 Å². The van der Waals surface area contributed by atoms with Gasteiger partial charge in [0.25, 0.3) is 0 Å². The van der Waals surface area contributed by atoms with E-state index in [1.165, 1.54) is 0 Å². The van der Waals surface area contributed by atoms with Crippen LogP contribution in [0.3, 0.4) is 0 Å². The predicted molar refractivity (Wildman–Crippen MR) is 68.7 cm³/mol. The molecule has 104 valence electrons. The number of carbonyl (C=O) groups is 1. The third kappa shape index (κ3) is 3.95. The molecule has 0 aromatic rings. The molecule has 0 saturated heterocycles. The molecule has 0 aromatic carbocycles. The summed E-state index contributed by atoms with van der Waals surface area (Å²) in [6.45, 7) is 0. The van der Waals surface area contributed by atoms with Crippen molar-refractivity contribution < 1.29 is 19.9 Å². The van der Waals surface area contributed by atoms with Crippen LogP contribution in [0.25, 0.3) is 0 Å². The topological polar surface area (TPSA) is 130 Å². The molecule has 3 atom stereocenters. The van der Waals surface area contributed by atoms with Gasteiger partial charge < -0.3 is 26.6 Å². The molecular formula is C11H23BN2O4. The van der Waals surface area contributed by atoms with Crippen LogP contribution in [0.1, 0.15) is 38.5 Å². The molecule has 0 bridgehead atoms. The zero-order chi connectivity index (χ0) is 13.8. The average Bonchev–Trinajstić information content (AvgIpc) is 2.71. The summed E-state index contributed by atoms with van der Waals surface area (Å²) in [5, 5.41) is 26.8. The van der Waals surface area contributed by atoms with Crippen LogP contribution in [0.15, 0.2) is 0 Å². The second-order valence-electron chi connectivity index (χ2n) is 5.34. The van der Waals surface area contributed by atoms with Crippen LogP contribution in [-0.4, -0.2) is 39.8 Å². The van der Waals surface area contributed by atoms with Gasteiger partial charge in [0.2, 0.25) is 0 Å². The Kier molecular flexibility index (Phi) is 5.59. The number of carboxylic acids is 1. The van der Waals surface area contributed by atoms with Crippen LogP contribution in [0.4, 0.5) is 0 Å². The average molecular weight is 258 g/mol. The lowest BCUT2D eigenvalue weighted by atomic mass is 9.77. The Morgan fingerprint density at radius 2 is 2.00 bits per heavy atom. The van der Waals surface area contributed by atoms with Gasteiger partial charge in [0.1, 0.15) is 5.54 Å². The van der Waals surface area contributed by atoms with Gasteiger partial charge in [-0.05, 0) is 37.9 Å². The van der Waals surface area contributed by atoms with E-state index in [0.717, 1.165) is 12.8 Å². The van der Waals surface area contributed by atoms with E-state index >= 15 is 0 Å². The van der Waals surface area contributed by atoms with Crippen molar-refractivity contribution in [3.63, 3.8) is 0 Å². The fourth-order valence-electron chi connectivity index (χ4n) is 2.71. The van der Waals surface area contributed by atoms with Crippen LogP contribution < -0.4 is 11.5 Å². The largest absolute Gasteiger partial charge is 0.480 e. The van der Waals surface area contributed by atoms with Crippen LogP contribution in [0, 0.1) is 5.92 Å². The first-order valence-electron chi connectivity index (χ1n) is 6.50. The van der Waals surface area contributed by atoms with Gasteiger partial charge in [-0.25, -0.2) is 0 Å². The van der Waals surface area contributed by atoms with Crippen molar-refractivity contribution in [1.29, 1.82) is 0 Å². The first-order valence-corrected chi connectivity index (χ1v) is 6.50. The summed E-state index contributed by atoms with van der Waals surface area (Å²) in [5.74, 6) is -1.06. The molecule has 7 N–H and O–H groups in total. The van der Waals surface area contributed by atoms with Crippen LogP contribution in [-0.2, 0) is 4.79 Å². The minimum Gasteiger partial charge on any atom is -0.480 e. The van der Waals surface area contributed by atoms with Crippen molar-refractivity contribution in [3.8, 4) is 0 Å². The summed E-state index contributed by atoms with van der Waals surface area (Å²) in [6, 6.07) is 0.0524. The maximum Gasteiger partial charge on any atom is 0.451 e. The molecule has 1 fully saturated rings. The smallest absolute Gasteiger partial charge is 0.451 e. The van der Waals surface area contributed by atoms with Gasteiger partial charge in [0, 0.05) is 6.04 Å². The monoisotopic (exact) mass is 258 g/mol. The maximum absolute atomic E-state index is 11.4. The quantitative estimate of drug-likeness (QED) is 0.310. The minimum absolute atomic E-state index is 0.0524. The molecule has 7 heteroatoms. The third-order valence-electron chi connectivity index (χ3n) is 3.90. The number of carboxylic acid groups (broad SMARTS) is 1. The molecule has 18 heavy (non-hydrogen) atoms. The molecule has 1 aliphatic rings. The lowest BCUT2D eigenvalue weighted by Crippen LogP contribution is -2.53. The first-order chi connectivity index (χ1) is 8.36. The second-order valence-corrected chi connectivity index (χ2v) is 5.34. The van der Waals surface area contributed by atoms with Gasteiger partial charge in [-0.15, -0.1) is 0 Å². The Hall–Kier alpha value is -0.625. The SMILES string of the molecule is N[C@@H]1CC[C@H]([C@](N)(CCCCB(O)O)C(=O)O)C1. The van der Waals surface area contributed by atoms with E-state index in [1.54, 1.807) is 0 Å². The summed E-state index contributed by atoms with van der Waals surface area (Å²) < 4.78 is 0. The fraction of sp³-hybridized carbons (Fsp3) is 0.909. The molecule has 1 rings (SSSR count). The molecule has 0 heterocycles. The van der Waals surface area contributed by atoms with Gasteiger partial charge >= 0.3 is 13.1 Å². The first kappa shape index (κ1) is 15.4. The Balaban J connectivity index is 2.50. The standard InChI is InChI=1S/C11H23BN2O4/c13-9-4-3-8(7-9)11(14,10(15)16)5-1-2-6-12(17)18/h8-9,17-18H,1-7,13-14H2,(H,15,16)/t8-,9+,11+/m0/s1. The zero-order valence-electron chi connectivity index (χ0n) is 10.6. The summed E-state index contributed by atoms with van der Waals surface area (Å²) in [5.41, 5.74) is 10.6. The van der Waals surface area contributed by atoms with Crippen molar-refractivity contribution in [2.24, 2.45) is 17.4 Å². The van der Waals surface area contributed by atoms with E-state index in [4.69, 9.17) is 21.5 Å². The molecule has 6 nitrogen and oxygen atoms in total. The molecule has 1 saturated carbocycles. The summed E-state index contributed by atoms with van der Waals surface area (Å²) >= 11 is 0. The van der Waals surface area contributed by atoms with Crippen LogP contribution in [0.2, 0.25) is 6.32 Å². The number of hydrogen-bond acceptors (Lipinski definition) is 5. The molecular weight excluding hydrogens is 235 g/mol. The van der Waals surface area contributed by atoms with Gasteiger partial charge in [0.15, 0.2) is 0 Å². The third-order valence-corrected chi connectivity index (χ3v) is 3.90. The van der Waals surface area contributed by atoms with Crippen molar-refractivity contribution in [1.82, 2.24) is 0 Å². The van der Waals surface area contributed by atoms with E-state index in [9.17, 15) is 9.90 Å². The van der Waals surface area contributed by atoms with Gasteiger partial charge in [-0.2, -0.15) is 0 Å².